The molecule has 0 bridgehead atoms. The summed E-state index contributed by atoms with van der Waals surface area (Å²) in [4.78, 5) is 16.3. The third-order valence-electron chi connectivity index (χ3n) is 6.80. The Morgan fingerprint density at radius 2 is 1.97 bits per heavy atom. The van der Waals surface area contributed by atoms with Crippen molar-refractivity contribution < 1.29 is 14.3 Å². The van der Waals surface area contributed by atoms with Crippen molar-refractivity contribution in [2.24, 2.45) is 11.0 Å². The highest BCUT2D eigenvalue weighted by molar-refractivity contribution is 6.01. The van der Waals surface area contributed by atoms with Gasteiger partial charge in [0.25, 0.3) is 5.91 Å². The molecular weight excluding hydrogens is 440 g/mol. The minimum absolute atomic E-state index is 0.0898. The Balaban J connectivity index is 1.43. The summed E-state index contributed by atoms with van der Waals surface area (Å²) in [6, 6.07) is 15.8. The van der Waals surface area contributed by atoms with Crippen LogP contribution in [0, 0.1) is 5.92 Å². The maximum atomic E-state index is 12.3. The number of amides is 1. The van der Waals surface area contributed by atoms with Crippen LogP contribution in [0.2, 0.25) is 0 Å². The second-order valence-electron chi connectivity index (χ2n) is 8.74. The number of para-hydroxylation sites is 1. The van der Waals surface area contributed by atoms with E-state index in [4.69, 9.17) is 9.47 Å². The molecule has 3 atom stereocenters. The van der Waals surface area contributed by atoms with Gasteiger partial charge in [0.15, 0.2) is 11.5 Å². The van der Waals surface area contributed by atoms with Crippen molar-refractivity contribution >= 4 is 17.3 Å². The standard InChI is InChI=1S/C28H28N4O3/c1-17(31-32-28(33)19-7-6-14-29-16-19)18-12-13-24-23(15-18)20-8-4-9-21(20)26(30-24)22-10-5-11-25(34-2)27(22)35-3/h4-8,10-16,20-21,26,30H,9H2,1-3H3,(H,32,33)/b31-17-/t20-,21+,26-/m1/s1. The summed E-state index contributed by atoms with van der Waals surface area (Å²) in [5.41, 5.74) is 8.21. The lowest BCUT2D eigenvalue weighted by Gasteiger charge is -2.38. The number of nitrogens with zero attached hydrogens (tertiary/aromatic N) is 2. The van der Waals surface area contributed by atoms with E-state index in [1.165, 1.54) is 11.8 Å². The summed E-state index contributed by atoms with van der Waals surface area (Å²) in [7, 11) is 3.35. The zero-order valence-corrected chi connectivity index (χ0v) is 20.0. The van der Waals surface area contributed by atoms with Crippen LogP contribution in [0.5, 0.6) is 11.5 Å². The van der Waals surface area contributed by atoms with Crippen LogP contribution >= 0.6 is 0 Å². The molecule has 35 heavy (non-hydrogen) atoms. The molecule has 0 saturated heterocycles. The van der Waals surface area contributed by atoms with Crippen LogP contribution in [0.3, 0.4) is 0 Å². The topological polar surface area (TPSA) is 84.8 Å². The van der Waals surface area contributed by atoms with Crippen LogP contribution in [0.1, 0.15) is 52.4 Å². The molecule has 2 heterocycles. The summed E-state index contributed by atoms with van der Waals surface area (Å²) in [5, 5.41) is 8.09. The van der Waals surface area contributed by atoms with Gasteiger partial charge in [0, 0.05) is 29.6 Å². The summed E-state index contributed by atoms with van der Waals surface area (Å²) in [5.74, 6) is 1.83. The van der Waals surface area contributed by atoms with Crippen LogP contribution < -0.4 is 20.2 Å². The largest absolute Gasteiger partial charge is 0.493 e. The normalized spacial score (nSPS) is 20.4. The highest BCUT2D eigenvalue weighted by Crippen LogP contribution is 2.52. The second-order valence-corrected chi connectivity index (χ2v) is 8.74. The van der Waals surface area contributed by atoms with Crippen LogP contribution in [-0.2, 0) is 0 Å². The zero-order valence-electron chi connectivity index (χ0n) is 20.0. The van der Waals surface area contributed by atoms with Gasteiger partial charge >= 0.3 is 0 Å². The van der Waals surface area contributed by atoms with Gasteiger partial charge in [-0.1, -0.05) is 30.4 Å². The van der Waals surface area contributed by atoms with Crippen molar-refractivity contribution in [1.82, 2.24) is 10.4 Å². The van der Waals surface area contributed by atoms with E-state index in [1.54, 1.807) is 32.5 Å². The minimum atomic E-state index is -0.286. The molecule has 1 amide bonds. The molecule has 7 heteroatoms. The molecule has 0 radical (unpaired) electrons. The van der Waals surface area contributed by atoms with Crippen LogP contribution in [0.15, 0.2) is 78.2 Å². The number of hydrazone groups is 1. The first-order valence-corrected chi connectivity index (χ1v) is 11.6. The molecule has 178 valence electrons. The van der Waals surface area contributed by atoms with Gasteiger partial charge in [0.2, 0.25) is 0 Å². The number of methoxy groups -OCH3 is 2. The summed E-state index contributed by atoms with van der Waals surface area (Å²) in [6.45, 7) is 1.90. The number of ether oxygens (including phenoxy) is 2. The van der Waals surface area contributed by atoms with Crippen molar-refractivity contribution in [1.29, 1.82) is 0 Å². The Labute approximate surface area is 204 Å². The van der Waals surface area contributed by atoms with E-state index in [2.05, 4.69) is 51.2 Å². The molecule has 1 aromatic heterocycles. The SMILES string of the molecule is COc1cccc([C@@H]2Nc3ccc(/C(C)=N\NC(=O)c4cccnc4)cc3[C@@H]3C=CC[C@@H]32)c1OC. The number of hydrogen-bond donors (Lipinski definition) is 2. The molecule has 7 nitrogen and oxygen atoms in total. The Morgan fingerprint density at radius 1 is 1.09 bits per heavy atom. The van der Waals surface area contributed by atoms with Crippen molar-refractivity contribution in [3.05, 3.63) is 95.3 Å². The summed E-state index contributed by atoms with van der Waals surface area (Å²) < 4.78 is 11.3. The average molecular weight is 469 g/mol. The number of hydrogen-bond acceptors (Lipinski definition) is 6. The van der Waals surface area contributed by atoms with E-state index in [0.29, 0.717) is 11.5 Å². The summed E-state index contributed by atoms with van der Waals surface area (Å²) in [6.07, 6.45) is 8.68. The Morgan fingerprint density at radius 3 is 2.74 bits per heavy atom. The predicted octanol–water partition coefficient (Wildman–Crippen LogP) is 5.08. The van der Waals surface area contributed by atoms with Gasteiger partial charge in [-0.05, 0) is 60.7 Å². The number of aromatic nitrogens is 1. The van der Waals surface area contributed by atoms with E-state index < -0.39 is 0 Å². The number of allylic oxidation sites excluding steroid dienone is 2. The molecule has 2 aliphatic rings. The predicted molar refractivity (Wildman–Crippen MR) is 136 cm³/mol. The van der Waals surface area contributed by atoms with Gasteiger partial charge in [0.1, 0.15) is 0 Å². The number of carbonyl (C=O) groups is 1. The van der Waals surface area contributed by atoms with Crippen molar-refractivity contribution in [2.45, 2.75) is 25.3 Å². The number of anilines is 1. The third-order valence-corrected chi connectivity index (χ3v) is 6.80. The maximum Gasteiger partial charge on any atom is 0.272 e. The van der Waals surface area contributed by atoms with E-state index in [9.17, 15) is 4.79 Å². The molecule has 0 unspecified atom stereocenters. The molecular formula is C28H28N4O3. The number of fused-ring (bicyclic) bond motifs is 3. The number of nitrogens with one attached hydrogen (secondary N) is 2. The highest BCUT2D eigenvalue weighted by atomic mass is 16.5. The summed E-state index contributed by atoms with van der Waals surface area (Å²) >= 11 is 0. The van der Waals surface area contributed by atoms with E-state index in [-0.39, 0.29) is 17.9 Å². The molecule has 2 aromatic carbocycles. The molecule has 5 rings (SSSR count). The van der Waals surface area contributed by atoms with Gasteiger partial charge < -0.3 is 14.8 Å². The van der Waals surface area contributed by atoms with Crippen LogP contribution in [0.4, 0.5) is 5.69 Å². The van der Waals surface area contributed by atoms with E-state index >= 15 is 0 Å². The fraction of sp³-hybridized carbons (Fsp3) is 0.250. The van der Waals surface area contributed by atoms with E-state index in [1.807, 2.05) is 25.1 Å². The van der Waals surface area contributed by atoms with Crippen LogP contribution in [0.25, 0.3) is 0 Å². The first-order chi connectivity index (χ1) is 17.1. The van der Waals surface area contributed by atoms with Gasteiger partial charge in [-0.15, -0.1) is 0 Å². The van der Waals surface area contributed by atoms with Crippen molar-refractivity contribution in [2.75, 3.05) is 19.5 Å². The monoisotopic (exact) mass is 468 g/mol. The quantitative estimate of drug-likeness (QED) is 0.299. The Hall–Kier alpha value is -4.13. The van der Waals surface area contributed by atoms with Gasteiger partial charge in [-0.3, -0.25) is 9.78 Å². The fourth-order valence-electron chi connectivity index (χ4n) is 5.05. The average Bonchev–Trinajstić information content (AvgIpc) is 3.41. The Bertz CT molecular complexity index is 1300. The molecule has 0 fully saturated rings. The first kappa shape index (κ1) is 22.7. The van der Waals surface area contributed by atoms with Gasteiger partial charge in [-0.2, -0.15) is 5.10 Å². The van der Waals surface area contributed by atoms with E-state index in [0.717, 1.165) is 40.4 Å². The molecule has 1 aliphatic heterocycles. The zero-order chi connectivity index (χ0) is 24.4. The number of benzene rings is 2. The third kappa shape index (κ3) is 4.25. The van der Waals surface area contributed by atoms with Crippen LogP contribution in [-0.4, -0.2) is 30.8 Å². The fourth-order valence-corrected chi connectivity index (χ4v) is 5.05. The maximum absolute atomic E-state index is 12.3. The minimum Gasteiger partial charge on any atom is -0.493 e. The molecule has 1 aliphatic carbocycles. The molecule has 0 saturated carbocycles. The number of pyridine rings is 1. The Kier molecular flexibility index (Phi) is 6.23. The lowest BCUT2D eigenvalue weighted by Crippen LogP contribution is -2.29. The van der Waals surface area contributed by atoms with Crippen molar-refractivity contribution in [3.63, 3.8) is 0 Å². The number of rotatable bonds is 6. The second kappa shape index (κ2) is 9.62. The van der Waals surface area contributed by atoms with Gasteiger partial charge in [-0.25, -0.2) is 5.43 Å². The lowest BCUT2D eigenvalue weighted by molar-refractivity contribution is 0.0954. The molecule has 2 N–H and O–H groups in total. The first-order valence-electron chi connectivity index (χ1n) is 11.6. The highest BCUT2D eigenvalue weighted by Gasteiger charge is 2.39. The van der Waals surface area contributed by atoms with Crippen molar-refractivity contribution in [3.8, 4) is 11.5 Å². The number of carbonyl (C=O) groups excluding carboxylic acids is 1. The van der Waals surface area contributed by atoms with Gasteiger partial charge in [0.05, 0.1) is 31.5 Å². The molecule has 0 spiro atoms. The smallest absolute Gasteiger partial charge is 0.272 e. The molecule has 3 aromatic rings. The lowest BCUT2D eigenvalue weighted by atomic mass is 9.76.